The maximum absolute atomic E-state index is 14.7. The van der Waals surface area contributed by atoms with Gasteiger partial charge in [0, 0.05) is 25.6 Å². The van der Waals surface area contributed by atoms with Crippen molar-refractivity contribution in [1.82, 2.24) is 15.5 Å². The SMILES string of the molecule is CC(C)NC(=O)N1CCC(F)(C(=O)NCc2ccccc2)C1. The normalized spacial score (nSPS) is 21.0. The van der Waals surface area contributed by atoms with Crippen LogP contribution in [0.15, 0.2) is 30.3 Å². The number of nitrogens with zero attached hydrogens (tertiary/aromatic N) is 1. The van der Waals surface area contributed by atoms with E-state index < -0.39 is 11.6 Å². The van der Waals surface area contributed by atoms with Crippen LogP contribution in [0.2, 0.25) is 0 Å². The van der Waals surface area contributed by atoms with Gasteiger partial charge >= 0.3 is 6.03 Å². The van der Waals surface area contributed by atoms with E-state index in [1.165, 1.54) is 4.90 Å². The average Bonchev–Trinajstić information content (AvgIpc) is 2.89. The molecule has 0 saturated carbocycles. The fourth-order valence-electron chi connectivity index (χ4n) is 2.41. The number of carbonyl (C=O) groups is 2. The predicted octanol–water partition coefficient (Wildman–Crippen LogP) is 1.83. The number of carbonyl (C=O) groups excluding carboxylic acids is 2. The van der Waals surface area contributed by atoms with Crippen molar-refractivity contribution in [3.8, 4) is 0 Å². The molecule has 1 aromatic carbocycles. The van der Waals surface area contributed by atoms with Gasteiger partial charge in [-0.2, -0.15) is 0 Å². The van der Waals surface area contributed by atoms with Crippen LogP contribution < -0.4 is 10.6 Å². The van der Waals surface area contributed by atoms with Gasteiger partial charge in [-0.05, 0) is 19.4 Å². The number of urea groups is 1. The molecule has 2 rings (SSSR count). The quantitative estimate of drug-likeness (QED) is 0.891. The summed E-state index contributed by atoms with van der Waals surface area (Å²) in [4.78, 5) is 25.3. The van der Waals surface area contributed by atoms with E-state index >= 15 is 0 Å². The molecule has 1 fully saturated rings. The van der Waals surface area contributed by atoms with E-state index in [1.807, 2.05) is 44.2 Å². The maximum Gasteiger partial charge on any atom is 0.317 e. The summed E-state index contributed by atoms with van der Waals surface area (Å²) in [6, 6.07) is 8.98. The van der Waals surface area contributed by atoms with Gasteiger partial charge in [-0.1, -0.05) is 30.3 Å². The highest BCUT2D eigenvalue weighted by Crippen LogP contribution is 2.26. The lowest BCUT2D eigenvalue weighted by atomic mass is 10.0. The fourth-order valence-corrected chi connectivity index (χ4v) is 2.41. The smallest absolute Gasteiger partial charge is 0.317 e. The molecule has 1 aliphatic rings. The number of rotatable bonds is 4. The Labute approximate surface area is 129 Å². The summed E-state index contributed by atoms with van der Waals surface area (Å²) < 4.78 is 14.7. The number of nitrogens with one attached hydrogen (secondary N) is 2. The highest BCUT2D eigenvalue weighted by atomic mass is 19.1. The van der Waals surface area contributed by atoms with E-state index in [4.69, 9.17) is 0 Å². The van der Waals surface area contributed by atoms with Crippen LogP contribution in [-0.2, 0) is 11.3 Å². The molecule has 2 N–H and O–H groups in total. The van der Waals surface area contributed by atoms with E-state index in [2.05, 4.69) is 10.6 Å². The summed E-state index contributed by atoms with van der Waals surface area (Å²) in [5.41, 5.74) is -1.10. The van der Waals surface area contributed by atoms with Gasteiger partial charge in [-0.3, -0.25) is 4.79 Å². The lowest BCUT2D eigenvalue weighted by molar-refractivity contribution is -0.132. The van der Waals surface area contributed by atoms with Gasteiger partial charge in [0.05, 0.1) is 6.54 Å². The van der Waals surface area contributed by atoms with Gasteiger partial charge in [0.15, 0.2) is 0 Å². The minimum Gasteiger partial charge on any atom is -0.349 e. The monoisotopic (exact) mass is 307 g/mol. The summed E-state index contributed by atoms with van der Waals surface area (Å²) in [5.74, 6) is -0.656. The lowest BCUT2D eigenvalue weighted by Gasteiger charge is -2.21. The number of hydrogen-bond acceptors (Lipinski definition) is 2. The molecule has 3 amide bonds. The first kappa shape index (κ1) is 16.3. The Hall–Kier alpha value is -2.11. The molecule has 1 aliphatic heterocycles. The molecule has 1 aromatic rings. The Bertz CT molecular complexity index is 535. The summed E-state index contributed by atoms with van der Waals surface area (Å²) >= 11 is 0. The molecule has 1 unspecified atom stereocenters. The van der Waals surface area contributed by atoms with Crippen molar-refractivity contribution in [1.29, 1.82) is 0 Å². The van der Waals surface area contributed by atoms with Crippen LogP contribution in [0.3, 0.4) is 0 Å². The van der Waals surface area contributed by atoms with Crippen LogP contribution in [0.25, 0.3) is 0 Å². The molecular formula is C16H22FN3O2. The second-order valence-corrected chi connectivity index (χ2v) is 5.91. The van der Waals surface area contributed by atoms with Crippen molar-refractivity contribution in [3.63, 3.8) is 0 Å². The number of alkyl halides is 1. The molecule has 120 valence electrons. The van der Waals surface area contributed by atoms with Gasteiger partial charge in [0.1, 0.15) is 0 Å². The standard InChI is InChI=1S/C16H22FN3O2/c1-12(2)19-15(22)20-9-8-16(17,11-20)14(21)18-10-13-6-4-3-5-7-13/h3-7,12H,8-11H2,1-2H3,(H,18,21)(H,19,22). The third-order valence-corrected chi connectivity index (χ3v) is 3.62. The molecule has 1 atom stereocenters. The average molecular weight is 307 g/mol. The van der Waals surface area contributed by atoms with E-state index in [0.717, 1.165) is 5.56 Å². The van der Waals surface area contributed by atoms with Crippen LogP contribution in [0.1, 0.15) is 25.8 Å². The third-order valence-electron chi connectivity index (χ3n) is 3.62. The molecule has 0 bridgehead atoms. The van der Waals surface area contributed by atoms with Crippen molar-refractivity contribution in [2.75, 3.05) is 13.1 Å². The van der Waals surface area contributed by atoms with Gasteiger partial charge in [0.2, 0.25) is 5.67 Å². The number of hydrogen-bond donors (Lipinski definition) is 2. The molecule has 0 spiro atoms. The van der Waals surface area contributed by atoms with E-state index in [-0.39, 0.29) is 38.1 Å². The molecule has 0 radical (unpaired) electrons. The van der Waals surface area contributed by atoms with E-state index in [0.29, 0.717) is 0 Å². The second-order valence-electron chi connectivity index (χ2n) is 5.91. The van der Waals surface area contributed by atoms with Gasteiger partial charge < -0.3 is 15.5 Å². The predicted molar refractivity (Wildman–Crippen MR) is 82.0 cm³/mol. The highest BCUT2D eigenvalue weighted by Gasteiger charge is 2.46. The maximum atomic E-state index is 14.7. The summed E-state index contributed by atoms with van der Waals surface area (Å²) in [5, 5.41) is 5.32. The Morgan fingerprint density at radius 3 is 2.64 bits per heavy atom. The van der Waals surface area contributed by atoms with Crippen LogP contribution in [0, 0.1) is 0 Å². The molecule has 22 heavy (non-hydrogen) atoms. The highest BCUT2D eigenvalue weighted by molar-refractivity contribution is 5.87. The molecular weight excluding hydrogens is 285 g/mol. The molecule has 0 aromatic heterocycles. The van der Waals surface area contributed by atoms with Gasteiger partial charge in [0.25, 0.3) is 5.91 Å². The third kappa shape index (κ3) is 3.96. The zero-order chi connectivity index (χ0) is 16.2. The van der Waals surface area contributed by atoms with E-state index in [1.54, 1.807) is 0 Å². The summed E-state index contributed by atoms with van der Waals surface area (Å²) in [6.45, 7) is 4.00. The van der Waals surface area contributed by atoms with Crippen LogP contribution >= 0.6 is 0 Å². The summed E-state index contributed by atoms with van der Waals surface area (Å²) in [7, 11) is 0. The zero-order valence-corrected chi connectivity index (χ0v) is 12.9. The topological polar surface area (TPSA) is 61.4 Å². The number of amides is 3. The number of likely N-dealkylation sites (tertiary alicyclic amines) is 1. The Balaban J connectivity index is 1.88. The number of benzene rings is 1. The first-order valence-electron chi connectivity index (χ1n) is 7.47. The van der Waals surface area contributed by atoms with Crippen molar-refractivity contribution < 1.29 is 14.0 Å². The molecule has 1 saturated heterocycles. The Morgan fingerprint density at radius 1 is 1.32 bits per heavy atom. The van der Waals surface area contributed by atoms with Crippen LogP contribution in [-0.4, -0.2) is 41.6 Å². The lowest BCUT2D eigenvalue weighted by Crippen LogP contribution is -2.48. The minimum absolute atomic E-state index is 0.0194. The van der Waals surface area contributed by atoms with Crippen LogP contribution in [0.4, 0.5) is 9.18 Å². The van der Waals surface area contributed by atoms with E-state index in [9.17, 15) is 14.0 Å². The fraction of sp³-hybridized carbons (Fsp3) is 0.500. The van der Waals surface area contributed by atoms with Gasteiger partial charge in [-0.15, -0.1) is 0 Å². The van der Waals surface area contributed by atoms with Gasteiger partial charge in [-0.25, -0.2) is 9.18 Å². The first-order chi connectivity index (χ1) is 10.4. The minimum atomic E-state index is -2.01. The van der Waals surface area contributed by atoms with Crippen LogP contribution in [0.5, 0.6) is 0 Å². The van der Waals surface area contributed by atoms with Crippen molar-refractivity contribution in [2.45, 2.75) is 38.5 Å². The largest absolute Gasteiger partial charge is 0.349 e. The molecule has 0 aliphatic carbocycles. The number of halogens is 1. The molecule has 6 heteroatoms. The Morgan fingerprint density at radius 2 is 2.00 bits per heavy atom. The van der Waals surface area contributed by atoms with Crippen molar-refractivity contribution in [3.05, 3.63) is 35.9 Å². The second kappa shape index (κ2) is 6.77. The van der Waals surface area contributed by atoms with Crippen molar-refractivity contribution in [2.24, 2.45) is 0 Å². The molecule has 1 heterocycles. The zero-order valence-electron chi connectivity index (χ0n) is 12.9. The van der Waals surface area contributed by atoms with Crippen molar-refractivity contribution >= 4 is 11.9 Å². The first-order valence-corrected chi connectivity index (χ1v) is 7.47. The molecule has 5 nitrogen and oxygen atoms in total. The Kier molecular flexibility index (Phi) is 5.00. The summed E-state index contributed by atoms with van der Waals surface area (Å²) in [6.07, 6.45) is 0.0269.